The van der Waals surface area contributed by atoms with Crippen LogP contribution in [0, 0.1) is 0 Å². The number of alkyl halides is 3. The fourth-order valence-corrected chi connectivity index (χ4v) is 1.90. The third kappa shape index (κ3) is 3.51. The molecule has 0 saturated heterocycles. The molecule has 0 saturated carbocycles. The monoisotopic (exact) mass is 271 g/mol. The number of nitrogens with zero attached hydrogens (tertiary/aromatic N) is 2. The van der Waals surface area contributed by atoms with Crippen LogP contribution in [0.1, 0.15) is 6.42 Å². The lowest BCUT2D eigenvalue weighted by molar-refractivity contribution is -0.149. The van der Waals surface area contributed by atoms with Crippen LogP contribution in [0.15, 0.2) is 9.95 Å². The predicted molar refractivity (Wildman–Crippen MR) is 51.8 cm³/mol. The van der Waals surface area contributed by atoms with E-state index in [-0.39, 0.29) is 16.9 Å². The van der Waals surface area contributed by atoms with E-state index in [0.29, 0.717) is 0 Å². The first-order valence-electron chi connectivity index (χ1n) is 4.28. The Morgan fingerprint density at radius 1 is 1.65 bits per heavy atom. The van der Waals surface area contributed by atoms with E-state index in [9.17, 15) is 22.8 Å². The summed E-state index contributed by atoms with van der Waals surface area (Å²) in [5.41, 5.74) is -0.663. The summed E-state index contributed by atoms with van der Waals surface area (Å²) in [7, 11) is 1.24. The maximum atomic E-state index is 12.5. The van der Waals surface area contributed by atoms with Crippen molar-refractivity contribution >= 4 is 17.7 Å². The number of carboxylic acid groups (broad SMARTS) is 1. The van der Waals surface area contributed by atoms with E-state index in [0.717, 1.165) is 4.57 Å². The first-order chi connectivity index (χ1) is 7.71. The molecule has 1 heterocycles. The third-order valence-electron chi connectivity index (χ3n) is 1.81. The summed E-state index contributed by atoms with van der Waals surface area (Å²) in [6.45, 7) is 0. The second-order valence-corrected chi connectivity index (χ2v) is 4.29. The number of hydrogen-bond acceptors (Lipinski definition) is 4. The number of carbonyl (C=O) groups is 1. The number of thioether (sulfide) groups is 1. The maximum Gasteiger partial charge on any atom is 0.401 e. The van der Waals surface area contributed by atoms with E-state index in [1.54, 1.807) is 0 Å². The van der Waals surface area contributed by atoms with Crippen LogP contribution in [-0.4, -0.2) is 37.3 Å². The van der Waals surface area contributed by atoms with Crippen molar-refractivity contribution in [2.75, 3.05) is 0 Å². The third-order valence-corrected chi connectivity index (χ3v) is 3.11. The van der Waals surface area contributed by atoms with Gasteiger partial charge in [0.25, 0.3) is 0 Å². The van der Waals surface area contributed by atoms with Gasteiger partial charge in [-0.3, -0.25) is 9.36 Å². The molecule has 0 aliphatic carbocycles. The van der Waals surface area contributed by atoms with Crippen LogP contribution in [0.4, 0.5) is 13.2 Å². The summed E-state index contributed by atoms with van der Waals surface area (Å²) >= 11 is 0.186. The topological polar surface area (TPSA) is 88.0 Å². The van der Waals surface area contributed by atoms with Crippen molar-refractivity contribution in [3.8, 4) is 0 Å². The van der Waals surface area contributed by atoms with E-state index in [1.165, 1.54) is 7.05 Å². The first-order valence-corrected chi connectivity index (χ1v) is 5.16. The molecule has 2 N–H and O–H groups in total. The van der Waals surface area contributed by atoms with Gasteiger partial charge in [-0.2, -0.15) is 13.2 Å². The molecule has 0 amide bonds. The summed E-state index contributed by atoms with van der Waals surface area (Å²) in [6, 6.07) is 0. The molecule has 1 atom stereocenters. The fourth-order valence-electron chi connectivity index (χ4n) is 0.948. The number of carboxylic acids is 1. The largest absolute Gasteiger partial charge is 0.481 e. The van der Waals surface area contributed by atoms with E-state index in [4.69, 9.17) is 5.11 Å². The number of rotatable bonds is 4. The van der Waals surface area contributed by atoms with E-state index in [1.807, 2.05) is 5.10 Å². The number of hydrogen-bond donors (Lipinski definition) is 2. The minimum absolute atomic E-state index is 0.186. The Balaban J connectivity index is 2.90. The summed E-state index contributed by atoms with van der Waals surface area (Å²) < 4.78 is 38.4. The minimum atomic E-state index is -4.68. The van der Waals surface area contributed by atoms with Gasteiger partial charge in [-0.05, 0) is 0 Å². The molecular weight excluding hydrogens is 263 g/mol. The quantitative estimate of drug-likeness (QED) is 0.783. The van der Waals surface area contributed by atoms with Gasteiger partial charge >= 0.3 is 17.8 Å². The second-order valence-electron chi connectivity index (χ2n) is 3.12. The highest BCUT2D eigenvalue weighted by molar-refractivity contribution is 7.99. The van der Waals surface area contributed by atoms with Crippen molar-refractivity contribution < 1.29 is 23.1 Å². The Labute approximate surface area is 96.8 Å². The lowest BCUT2D eigenvalue weighted by atomic mass is 10.3. The number of nitrogens with one attached hydrogen (secondary N) is 1. The Hall–Kier alpha value is -1.45. The standard InChI is InChI=1S/C7H8F3N3O3S/c1-13-5(16)11-12-6(13)17-3(2-4(14)15)7(8,9)10/h3H,2H2,1H3,(H,11,16)(H,14,15). The molecule has 96 valence electrons. The van der Waals surface area contributed by atoms with Crippen molar-refractivity contribution in [1.29, 1.82) is 0 Å². The summed E-state index contributed by atoms with van der Waals surface area (Å²) in [6.07, 6.45) is -5.77. The second kappa shape index (κ2) is 4.82. The van der Waals surface area contributed by atoms with Crippen LogP contribution in [0.3, 0.4) is 0 Å². The van der Waals surface area contributed by atoms with Crippen LogP contribution < -0.4 is 5.69 Å². The molecule has 1 unspecified atom stereocenters. The Morgan fingerprint density at radius 3 is 2.59 bits per heavy atom. The number of halogens is 3. The summed E-state index contributed by atoms with van der Waals surface area (Å²) in [5.74, 6) is -1.57. The van der Waals surface area contributed by atoms with Gasteiger partial charge in [-0.1, -0.05) is 11.8 Å². The maximum absolute atomic E-state index is 12.5. The predicted octanol–water partition coefficient (Wildman–Crippen LogP) is 0.606. The molecule has 10 heteroatoms. The Bertz CT molecular complexity index is 467. The van der Waals surface area contributed by atoms with Gasteiger partial charge in [0.2, 0.25) is 0 Å². The zero-order chi connectivity index (χ0) is 13.2. The van der Waals surface area contributed by atoms with Crippen molar-refractivity contribution in [2.24, 2.45) is 7.05 Å². The zero-order valence-electron chi connectivity index (χ0n) is 8.48. The Morgan fingerprint density at radius 2 is 2.24 bits per heavy atom. The number of aromatic nitrogens is 3. The van der Waals surface area contributed by atoms with Gasteiger partial charge in [0.05, 0.1) is 6.42 Å². The van der Waals surface area contributed by atoms with Gasteiger partial charge in [0.15, 0.2) is 5.16 Å². The van der Waals surface area contributed by atoms with Gasteiger partial charge < -0.3 is 5.11 Å². The van der Waals surface area contributed by atoms with Crippen LogP contribution in [-0.2, 0) is 11.8 Å². The van der Waals surface area contributed by atoms with Crippen LogP contribution in [0.2, 0.25) is 0 Å². The highest BCUT2D eigenvalue weighted by Crippen LogP contribution is 2.35. The molecule has 0 fully saturated rings. The molecule has 0 aromatic carbocycles. The zero-order valence-corrected chi connectivity index (χ0v) is 9.30. The van der Waals surface area contributed by atoms with Gasteiger partial charge in [0.1, 0.15) is 5.25 Å². The van der Waals surface area contributed by atoms with Crippen molar-refractivity contribution in [3.63, 3.8) is 0 Å². The molecule has 17 heavy (non-hydrogen) atoms. The molecule has 0 spiro atoms. The van der Waals surface area contributed by atoms with Gasteiger partial charge in [-0.15, -0.1) is 5.10 Å². The minimum Gasteiger partial charge on any atom is -0.481 e. The van der Waals surface area contributed by atoms with Crippen molar-refractivity contribution in [3.05, 3.63) is 10.5 Å². The fraction of sp³-hybridized carbons (Fsp3) is 0.571. The van der Waals surface area contributed by atoms with Crippen molar-refractivity contribution in [1.82, 2.24) is 14.8 Å². The molecule has 0 aliphatic rings. The lowest BCUT2D eigenvalue weighted by Crippen LogP contribution is -2.29. The summed E-state index contributed by atoms with van der Waals surface area (Å²) in [5, 5.41) is 11.4. The van der Waals surface area contributed by atoms with Crippen LogP contribution >= 0.6 is 11.8 Å². The molecule has 0 radical (unpaired) electrons. The molecular formula is C7H8F3N3O3S. The van der Waals surface area contributed by atoms with E-state index < -0.39 is 29.5 Å². The average Bonchev–Trinajstić information content (AvgIpc) is 2.46. The van der Waals surface area contributed by atoms with Crippen LogP contribution in [0.25, 0.3) is 0 Å². The first kappa shape index (κ1) is 13.6. The molecule has 1 rings (SSSR count). The smallest absolute Gasteiger partial charge is 0.401 e. The number of aliphatic carboxylic acids is 1. The molecule has 6 nitrogen and oxygen atoms in total. The van der Waals surface area contributed by atoms with E-state index in [2.05, 4.69) is 5.10 Å². The average molecular weight is 271 g/mol. The molecule has 0 bridgehead atoms. The molecule has 1 aromatic heterocycles. The lowest BCUT2D eigenvalue weighted by Gasteiger charge is -2.16. The Kier molecular flexibility index (Phi) is 3.86. The number of aromatic amines is 1. The molecule has 0 aliphatic heterocycles. The SMILES string of the molecule is Cn1c(SC(CC(=O)O)C(F)(F)F)n[nH]c1=O. The van der Waals surface area contributed by atoms with Crippen LogP contribution in [0.5, 0.6) is 0 Å². The molecule has 1 aromatic rings. The van der Waals surface area contributed by atoms with E-state index >= 15 is 0 Å². The number of H-pyrrole nitrogens is 1. The van der Waals surface area contributed by atoms with Gasteiger partial charge in [0, 0.05) is 7.05 Å². The van der Waals surface area contributed by atoms with Gasteiger partial charge in [-0.25, -0.2) is 9.89 Å². The highest BCUT2D eigenvalue weighted by Gasteiger charge is 2.42. The summed E-state index contributed by atoms with van der Waals surface area (Å²) in [4.78, 5) is 21.3. The normalized spacial score (nSPS) is 13.6. The van der Waals surface area contributed by atoms with Crippen molar-refractivity contribution in [2.45, 2.75) is 23.0 Å². The highest BCUT2D eigenvalue weighted by atomic mass is 32.2.